The van der Waals surface area contributed by atoms with Crippen molar-refractivity contribution >= 4 is 11.9 Å². The predicted octanol–water partition coefficient (Wildman–Crippen LogP) is 10.2. The highest BCUT2D eigenvalue weighted by Crippen LogP contribution is 2.55. The average Bonchev–Trinajstić information content (AvgIpc) is 3.02. The van der Waals surface area contributed by atoms with Crippen LogP contribution in [0.1, 0.15) is 184 Å². The molecule has 1 spiro atoms. The van der Waals surface area contributed by atoms with Crippen molar-refractivity contribution < 1.29 is 29.0 Å². The fraction of sp³-hybridized carbons (Fsp3) is 0.947. The van der Waals surface area contributed by atoms with Gasteiger partial charge in [-0.1, -0.05) is 131 Å². The molecular formula is C38H71NO6. The van der Waals surface area contributed by atoms with Crippen LogP contribution in [0.25, 0.3) is 0 Å². The monoisotopic (exact) mass is 638 g/mol. The number of piperidine rings is 1. The summed E-state index contributed by atoms with van der Waals surface area (Å²) in [6.07, 6.45) is 22.9. The number of rotatable bonds is 22. The molecule has 7 nitrogen and oxygen atoms in total. The van der Waals surface area contributed by atoms with E-state index in [-0.39, 0.29) is 11.9 Å². The fourth-order valence-electron chi connectivity index (χ4n) is 8.11. The van der Waals surface area contributed by atoms with Gasteiger partial charge in [-0.05, 0) is 39.5 Å². The van der Waals surface area contributed by atoms with E-state index in [4.69, 9.17) is 14.3 Å². The minimum Gasteiger partial charge on any atom is -0.481 e. The van der Waals surface area contributed by atoms with Gasteiger partial charge in [-0.25, -0.2) is 0 Å². The second-order valence-corrected chi connectivity index (χ2v) is 15.1. The van der Waals surface area contributed by atoms with Gasteiger partial charge in [-0.2, -0.15) is 0 Å². The summed E-state index contributed by atoms with van der Waals surface area (Å²) < 4.78 is 13.6. The van der Waals surface area contributed by atoms with Crippen LogP contribution >= 0.6 is 0 Å². The van der Waals surface area contributed by atoms with Crippen LogP contribution in [-0.4, -0.2) is 52.2 Å². The number of carboxylic acid groups (broad SMARTS) is 1. The van der Waals surface area contributed by atoms with Gasteiger partial charge in [0.05, 0.1) is 30.2 Å². The van der Waals surface area contributed by atoms with Crippen LogP contribution in [0.3, 0.4) is 0 Å². The summed E-state index contributed by atoms with van der Waals surface area (Å²) in [6, 6.07) is 0. The van der Waals surface area contributed by atoms with Gasteiger partial charge in [0.2, 0.25) is 0 Å². The summed E-state index contributed by atoms with van der Waals surface area (Å²) >= 11 is 0. The number of carbonyl (C=O) groups is 2. The largest absolute Gasteiger partial charge is 0.481 e. The molecule has 4 atom stereocenters. The number of carboxylic acids is 1. The summed E-state index contributed by atoms with van der Waals surface area (Å²) in [7, 11) is 0. The molecule has 264 valence electrons. The molecular weight excluding hydrogens is 566 g/mol. The Labute approximate surface area is 276 Å². The molecule has 0 aromatic carbocycles. The van der Waals surface area contributed by atoms with Crippen LogP contribution in [0.15, 0.2) is 0 Å². The van der Waals surface area contributed by atoms with E-state index in [1.807, 2.05) is 5.06 Å². The minimum absolute atomic E-state index is 0.0948. The highest BCUT2D eigenvalue weighted by molar-refractivity contribution is 5.71. The molecule has 7 heteroatoms. The first-order valence-corrected chi connectivity index (χ1v) is 18.9. The number of aliphatic carboxylic acids is 1. The smallest absolute Gasteiger partial charge is 0.322 e. The van der Waals surface area contributed by atoms with Gasteiger partial charge in [-0.15, -0.1) is 5.06 Å². The van der Waals surface area contributed by atoms with E-state index in [2.05, 4.69) is 48.5 Å². The molecule has 0 saturated carbocycles. The quantitative estimate of drug-likeness (QED) is 0.118. The van der Waals surface area contributed by atoms with Crippen molar-refractivity contribution in [2.24, 2.45) is 17.3 Å². The molecule has 2 fully saturated rings. The number of hydrogen-bond donors (Lipinski definition) is 1. The van der Waals surface area contributed by atoms with Crippen molar-refractivity contribution in [3.05, 3.63) is 0 Å². The lowest BCUT2D eigenvalue weighted by atomic mass is 9.65. The van der Waals surface area contributed by atoms with Gasteiger partial charge in [0, 0.05) is 24.7 Å². The molecule has 45 heavy (non-hydrogen) atoms. The number of hydroxylamine groups is 2. The van der Waals surface area contributed by atoms with Crippen molar-refractivity contribution in [1.82, 2.24) is 5.06 Å². The Balaban J connectivity index is 1.87. The molecule has 2 aliphatic heterocycles. The maximum Gasteiger partial charge on any atom is 0.322 e. The van der Waals surface area contributed by atoms with Gasteiger partial charge >= 0.3 is 11.9 Å². The van der Waals surface area contributed by atoms with Crippen LogP contribution in [0.4, 0.5) is 0 Å². The van der Waals surface area contributed by atoms with Gasteiger partial charge in [-0.3, -0.25) is 9.59 Å². The van der Waals surface area contributed by atoms with Crippen molar-refractivity contribution in [2.75, 3.05) is 13.2 Å². The SMILES string of the molecule is CCCCCCCCCCCCCCCCCC(C(=O)O)C1(CC)COC2(CC(C)(CC)N(OC(C)=O)C(C)(CC)C2C)OC1. The standard InChI is InChI=1S/C38H71NO6/c1-9-13-14-15-16-17-18-19-20-21-22-23-24-25-26-27-33(34(41)42)37(12-4)29-43-38(44-30-37)28-35(7,10-2)39(45-32(6)40)36(8,11-3)31(38)5/h31,33H,9-30H2,1-8H3,(H,41,42). The number of hydrogen-bond acceptors (Lipinski definition) is 6. The Kier molecular flexibility index (Phi) is 16.9. The van der Waals surface area contributed by atoms with Gasteiger partial charge in [0.15, 0.2) is 5.79 Å². The summed E-state index contributed by atoms with van der Waals surface area (Å²) in [5.74, 6) is -2.50. The molecule has 1 N–H and O–H groups in total. The van der Waals surface area contributed by atoms with Crippen LogP contribution in [0, 0.1) is 17.3 Å². The van der Waals surface area contributed by atoms with E-state index in [0.717, 1.165) is 25.7 Å². The maximum atomic E-state index is 12.7. The Morgan fingerprint density at radius 3 is 1.62 bits per heavy atom. The van der Waals surface area contributed by atoms with E-state index < -0.39 is 34.2 Å². The van der Waals surface area contributed by atoms with Crippen LogP contribution < -0.4 is 0 Å². The zero-order valence-corrected chi connectivity index (χ0v) is 30.6. The molecule has 2 heterocycles. The lowest BCUT2D eigenvalue weighted by molar-refractivity contribution is -0.404. The Morgan fingerprint density at radius 1 is 0.778 bits per heavy atom. The summed E-state index contributed by atoms with van der Waals surface area (Å²) in [5.41, 5.74) is -1.53. The molecule has 2 aliphatic rings. The first kappa shape index (κ1) is 40.0. The Bertz CT molecular complexity index is 870. The third-order valence-corrected chi connectivity index (χ3v) is 11.9. The van der Waals surface area contributed by atoms with Crippen molar-refractivity contribution in [3.63, 3.8) is 0 Å². The van der Waals surface area contributed by atoms with Crippen molar-refractivity contribution in [2.45, 2.75) is 201 Å². The van der Waals surface area contributed by atoms with E-state index in [9.17, 15) is 14.7 Å². The van der Waals surface area contributed by atoms with Crippen LogP contribution in [0.5, 0.6) is 0 Å². The maximum absolute atomic E-state index is 12.7. The number of ether oxygens (including phenoxy) is 2. The second kappa shape index (κ2) is 19.0. The molecule has 0 bridgehead atoms. The molecule has 0 radical (unpaired) electrons. The van der Waals surface area contributed by atoms with Gasteiger partial charge in [0.1, 0.15) is 0 Å². The predicted molar refractivity (Wildman–Crippen MR) is 183 cm³/mol. The molecule has 0 amide bonds. The molecule has 0 aromatic rings. The first-order chi connectivity index (χ1) is 21.4. The lowest BCUT2D eigenvalue weighted by Crippen LogP contribution is -2.74. The van der Waals surface area contributed by atoms with Crippen LogP contribution in [0.2, 0.25) is 0 Å². The zero-order chi connectivity index (χ0) is 33.6. The fourth-order valence-corrected chi connectivity index (χ4v) is 8.11. The van der Waals surface area contributed by atoms with Crippen LogP contribution in [-0.2, 0) is 23.9 Å². The second-order valence-electron chi connectivity index (χ2n) is 15.1. The topological polar surface area (TPSA) is 85.3 Å². The van der Waals surface area contributed by atoms with Crippen molar-refractivity contribution in [1.29, 1.82) is 0 Å². The highest BCUT2D eigenvalue weighted by Gasteiger charge is 2.65. The molecule has 0 aromatic heterocycles. The Hall–Kier alpha value is -1.18. The molecule has 2 saturated heterocycles. The molecule has 2 rings (SSSR count). The summed E-state index contributed by atoms with van der Waals surface area (Å²) in [6.45, 7) is 17.1. The zero-order valence-electron chi connectivity index (χ0n) is 30.6. The van der Waals surface area contributed by atoms with Gasteiger partial charge < -0.3 is 19.4 Å². The van der Waals surface area contributed by atoms with Crippen molar-refractivity contribution in [3.8, 4) is 0 Å². The normalized spacial score (nSPS) is 31.2. The van der Waals surface area contributed by atoms with E-state index in [1.165, 1.54) is 90.4 Å². The third-order valence-electron chi connectivity index (χ3n) is 11.9. The summed E-state index contributed by atoms with van der Waals surface area (Å²) in [5, 5.41) is 12.3. The minimum atomic E-state index is -0.859. The van der Waals surface area contributed by atoms with Gasteiger partial charge in [0.25, 0.3) is 0 Å². The number of nitrogens with zero attached hydrogens (tertiary/aromatic N) is 1. The third kappa shape index (κ3) is 10.4. The van der Waals surface area contributed by atoms with E-state index in [1.54, 1.807) is 0 Å². The first-order valence-electron chi connectivity index (χ1n) is 18.9. The molecule has 4 unspecified atom stereocenters. The summed E-state index contributed by atoms with van der Waals surface area (Å²) in [4.78, 5) is 30.6. The number of unbranched alkanes of at least 4 members (excludes halogenated alkanes) is 14. The molecule has 0 aliphatic carbocycles. The average molecular weight is 638 g/mol. The van der Waals surface area contributed by atoms with E-state index in [0.29, 0.717) is 32.5 Å². The lowest BCUT2D eigenvalue weighted by Gasteiger charge is -2.64. The Morgan fingerprint density at radius 2 is 1.24 bits per heavy atom. The number of carbonyl (C=O) groups excluding carboxylic acids is 1. The highest BCUT2D eigenvalue weighted by atomic mass is 16.7. The van der Waals surface area contributed by atoms with E-state index >= 15 is 0 Å².